The van der Waals surface area contributed by atoms with Gasteiger partial charge in [0.25, 0.3) is 5.56 Å². The fourth-order valence-electron chi connectivity index (χ4n) is 2.65. The van der Waals surface area contributed by atoms with Crippen LogP contribution >= 0.6 is 23.1 Å². The second-order valence-corrected chi connectivity index (χ2v) is 8.60. The van der Waals surface area contributed by atoms with Crippen molar-refractivity contribution in [3.05, 3.63) is 46.1 Å². The predicted octanol–water partition coefficient (Wildman–Crippen LogP) is 4.24. The van der Waals surface area contributed by atoms with E-state index in [1.165, 1.54) is 23.1 Å². The van der Waals surface area contributed by atoms with Gasteiger partial charge in [0.05, 0.1) is 18.4 Å². The third-order valence-electron chi connectivity index (χ3n) is 4.15. The number of hydrogen-bond acceptors (Lipinski definition) is 6. The average Bonchev–Trinajstić information content (AvgIpc) is 3.14. The van der Waals surface area contributed by atoms with Gasteiger partial charge in [-0.2, -0.15) is 0 Å². The molecule has 0 aliphatic rings. The first-order chi connectivity index (χ1) is 13.5. The Morgan fingerprint density at radius 2 is 2.18 bits per heavy atom. The van der Waals surface area contributed by atoms with Crippen molar-refractivity contribution in [2.75, 3.05) is 18.2 Å². The van der Waals surface area contributed by atoms with Crippen LogP contribution in [-0.4, -0.2) is 28.3 Å². The molecule has 0 spiro atoms. The molecule has 3 rings (SSSR count). The van der Waals surface area contributed by atoms with E-state index in [0.29, 0.717) is 39.3 Å². The highest BCUT2D eigenvalue weighted by Gasteiger charge is 2.14. The fourth-order valence-corrected chi connectivity index (χ4v) is 4.25. The van der Waals surface area contributed by atoms with Crippen molar-refractivity contribution in [2.24, 2.45) is 5.92 Å². The molecule has 0 fully saturated rings. The molecule has 0 aliphatic heterocycles. The van der Waals surface area contributed by atoms with E-state index in [-0.39, 0.29) is 17.2 Å². The van der Waals surface area contributed by atoms with E-state index in [2.05, 4.69) is 24.1 Å². The van der Waals surface area contributed by atoms with E-state index in [1.807, 2.05) is 23.6 Å². The Labute approximate surface area is 171 Å². The zero-order chi connectivity index (χ0) is 20.1. The number of aromatic nitrogens is 2. The van der Waals surface area contributed by atoms with E-state index >= 15 is 0 Å². The number of methoxy groups -OCH3 is 1. The van der Waals surface area contributed by atoms with Crippen molar-refractivity contribution in [1.29, 1.82) is 0 Å². The number of amides is 1. The Bertz CT molecular complexity index is 1030. The van der Waals surface area contributed by atoms with Crippen LogP contribution < -0.4 is 15.6 Å². The highest BCUT2D eigenvalue weighted by atomic mass is 32.2. The van der Waals surface area contributed by atoms with Crippen LogP contribution in [0.5, 0.6) is 5.75 Å². The summed E-state index contributed by atoms with van der Waals surface area (Å²) in [7, 11) is 1.58. The average molecular weight is 418 g/mol. The summed E-state index contributed by atoms with van der Waals surface area (Å²) < 4.78 is 7.53. The molecule has 0 saturated heterocycles. The second-order valence-electron chi connectivity index (χ2n) is 6.74. The van der Waals surface area contributed by atoms with Gasteiger partial charge in [0.1, 0.15) is 10.4 Å². The smallest absolute Gasteiger partial charge is 0.272 e. The van der Waals surface area contributed by atoms with Crippen molar-refractivity contribution in [3.63, 3.8) is 0 Å². The van der Waals surface area contributed by atoms with Crippen LogP contribution in [-0.2, 0) is 11.3 Å². The molecule has 2 heterocycles. The summed E-state index contributed by atoms with van der Waals surface area (Å²) >= 11 is 2.69. The number of benzene rings is 1. The molecule has 0 atom stereocenters. The molecular formula is C20H23N3O3S2. The number of fused-ring (bicyclic) bond motifs is 1. The maximum Gasteiger partial charge on any atom is 0.272 e. The summed E-state index contributed by atoms with van der Waals surface area (Å²) in [5.74, 6) is 1.16. The monoisotopic (exact) mass is 417 g/mol. The highest BCUT2D eigenvalue weighted by Crippen LogP contribution is 2.22. The topological polar surface area (TPSA) is 73.2 Å². The number of ether oxygens (including phenoxy) is 1. The second kappa shape index (κ2) is 9.25. The minimum absolute atomic E-state index is 0.0312. The maximum absolute atomic E-state index is 12.8. The fraction of sp³-hybridized carbons (Fsp3) is 0.350. The van der Waals surface area contributed by atoms with Crippen molar-refractivity contribution >= 4 is 44.9 Å². The van der Waals surface area contributed by atoms with Gasteiger partial charge in [-0.15, -0.1) is 11.3 Å². The SMILES string of the molecule is COc1cccc(NC(=O)CSc2nc3ccsc3c(=O)n2CCC(C)C)c1. The number of nitrogens with zero attached hydrogens (tertiary/aromatic N) is 2. The number of thioether (sulfide) groups is 1. The molecule has 0 radical (unpaired) electrons. The Balaban J connectivity index is 1.75. The largest absolute Gasteiger partial charge is 0.497 e. The van der Waals surface area contributed by atoms with Crippen molar-refractivity contribution < 1.29 is 9.53 Å². The molecule has 2 aromatic heterocycles. The van der Waals surface area contributed by atoms with E-state index in [9.17, 15) is 9.59 Å². The van der Waals surface area contributed by atoms with E-state index < -0.39 is 0 Å². The lowest BCUT2D eigenvalue weighted by molar-refractivity contribution is -0.113. The maximum atomic E-state index is 12.8. The van der Waals surface area contributed by atoms with Gasteiger partial charge in [-0.1, -0.05) is 31.7 Å². The van der Waals surface area contributed by atoms with Gasteiger partial charge in [-0.3, -0.25) is 14.2 Å². The molecule has 0 unspecified atom stereocenters. The number of carbonyl (C=O) groups excluding carboxylic acids is 1. The molecule has 1 aromatic carbocycles. The number of anilines is 1. The van der Waals surface area contributed by atoms with Gasteiger partial charge >= 0.3 is 0 Å². The molecule has 1 amide bonds. The summed E-state index contributed by atoms with van der Waals surface area (Å²) in [5, 5.41) is 5.30. The minimum Gasteiger partial charge on any atom is -0.497 e. The molecule has 0 bridgehead atoms. The summed E-state index contributed by atoms with van der Waals surface area (Å²) in [6.45, 7) is 4.84. The van der Waals surface area contributed by atoms with Crippen LogP contribution in [0.1, 0.15) is 20.3 Å². The van der Waals surface area contributed by atoms with Crippen LogP contribution in [0.4, 0.5) is 5.69 Å². The molecule has 0 saturated carbocycles. The predicted molar refractivity (Wildman–Crippen MR) is 116 cm³/mol. The van der Waals surface area contributed by atoms with E-state index in [4.69, 9.17) is 4.74 Å². The number of thiophene rings is 1. The molecule has 3 aromatic rings. The number of carbonyl (C=O) groups is 1. The minimum atomic E-state index is -0.159. The first kappa shape index (κ1) is 20.4. The molecule has 148 valence electrons. The number of nitrogens with one attached hydrogen (secondary N) is 1. The first-order valence-corrected chi connectivity index (χ1v) is 10.9. The third-order valence-corrected chi connectivity index (χ3v) is 6.01. The van der Waals surface area contributed by atoms with Crippen LogP contribution in [0, 0.1) is 5.92 Å². The van der Waals surface area contributed by atoms with Gasteiger partial charge in [-0.25, -0.2) is 4.98 Å². The molecular weight excluding hydrogens is 394 g/mol. The van der Waals surface area contributed by atoms with Crippen molar-refractivity contribution in [1.82, 2.24) is 9.55 Å². The zero-order valence-electron chi connectivity index (χ0n) is 16.1. The van der Waals surface area contributed by atoms with Gasteiger partial charge in [0.2, 0.25) is 5.91 Å². The lowest BCUT2D eigenvalue weighted by atomic mass is 10.1. The van der Waals surface area contributed by atoms with Crippen LogP contribution in [0.2, 0.25) is 0 Å². The molecule has 28 heavy (non-hydrogen) atoms. The molecule has 6 nitrogen and oxygen atoms in total. The van der Waals surface area contributed by atoms with Gasteiger partial charge in [0, 0.05) is 18.3 Å². The van der Waals surface area contributed by atoms with Crippen LogP contribution in [0.3, 0.4) is 0 Å². The normalized spacial score (nSPS) is 11.1. The highest BCUT2D eigenvalue weighted by molar-refractivity contribution is 7.99. The lowest BCUT2D eigenvalue weighted by Gasteiger charge is -2.13. The number of hydrogen-bond donors (Lipinski definition) is 1. The Morgan fingerprint density at radius 1 is 1.36 bits per heavy atom. The van der Waals surface area contributed by atoms with Crippen molar-refractivity contribution in [2.45, 2.75) is 32.0 Å². The van der Waals surface area contributed by atoms with Crippen molar-refractivity contribution in [3.8, 4) is 5.75 Å². The van der Waals surface area contributed by atoms with Crippen LogP contribution in [0.25, 0.3) is 10.2 Å². The Morgan fingerprint density at radius 3 is 2.93 bits per heavy atom. The summed E-state index contributed by atoms with van der Waals surface area (Å²) in [6, 6.07) is 9.04. The Kier molecular flexibility index (Phi) is 6.74. The van der Waals surface area contributed by atoms with E-state index in [1.54, 1.807) is 23.8 Å². The Hall–Kier alpha value is -2.32. The zero-order valence-corrected chi connectivity index (χ0v) is 17.7. The van der Waals surface area contributed by atoms with Crippen LogP contribution in [0.15, 0.2) is 45.7 Å². The lowest BCUT2D eigenvalue weighted by Crippen LogP contribution is -2.24. The quantitative estimate of drug-likeness (QED) is 0.438. The van der Waals surface area contributed by atoms with Gasteiger partial charge in [-0.05, 0) is 35.9 Å². The molecule has 8 heteroatoms. The molecule has 1 N–H and O–H groups in total. The summed E-state index contributed by atoms with van der Waals surface area (Å²) in [6.07, 6.45) is 0.877. The van der Waals surface area contributed by atoms with E-state index in [0.717, 1.165) is 6.42 Å². The standard InChI is InChI=1S/C20H23N3O3S2/c1-13(2)7-9-23-19(25)18-16(8-10-27-18)22-20(23)28-12-17(24)21-14-5-4-6-15(11-14)26-3/h4-6,8,10-11,13H,7,9,12H2,1-3H3,(H,21,24). The van der Waals surface area contributed by atoms with Gasteiger partial charge < -0.3 is 10.1 Å². The molecule has 0 aliphatic carbocycles. The third kappa shape index (κ3) is 4.94. The van der Waals surface area contributed by atoms with Gasteiger partial charge in [0.15, 0.2) is 5.16 Å². The first-order valence-electron chi connectivity index (χ1n) is 9.02. The summed E-state index contributed by atoms with van der Waals surface area (Å²) in [4.78, 5) is 29.8. The number of rotatable bonds is 8. The summed E-state index contributed by atoms with van der Waals surface area (Å²) in [5.41, 5.74) is 1.33.